The van der Waals surface area contributed by atoms with Crippen molar-refractivity contribution in [2.75, 3.05) is 6.61 Å². The van der Waals surface area contributed by atoms with Crippen LogP contribution in [0.3, 0.4) is 0 Å². The van der Waals surface area contributed by atoms with Crippen LogP contribution in [0.5, 0.6) is 5.75 Å². The van der Waals surface area contributed by atoms with Gasteiger partial charge in [-0.15, -0.1) is 0 Å². The minimum atomic E-state index is 0.807. The fraction of sp³-hybridized carbons (Fsp3) is 0.828. The second-order valence-electron chi connectivity index (χ2n) is 10.7. The van der Waals surface area contributed by atoms with Crippen LogP contribution in [0, 0.1) is 23.7 Å². The van der Waals surface area contributed by atoms with Crippen molar-refractivity contribution >= 4 is 0 Å². The van der Waals surface area contributed by atoms with E-state index in [4.69, 9.17) is 4.74 Å². The van der Waals surface area contributed by atoms with Crippen molar-refractivity contribution in [3.05, 3.63) is 24.0 Å². The summed E-state index contributed by atoms with van der Waals surface area (Å²) in [5.74, 6) is 4.98. The lowest BCUT2D eigenvalue weighted by Gasteiger charge is -2.32. The Morgan fingerprint density at radius 2 is 1.26 bits per heavy atom. The summed E-state index contributed by atoms with van der Waals surface area (Å²) < 4.78 is 5.73. The van der Waals surface area contributed by atoms with E-state index in [1.165, 1.54) is 102 Å². The fourth-order valence-corrected chi connectivity index (χ4v) is 5.91. The molecule has 0 bridgehead atoms. The van der Waals surface area contributed by atoms with Crippen molar-refractivity contribution < 1.29 is 4.74 Å². The lowest BCUT2D eigenvalue weighted by atomic mass is 9.74. The first kappa shape index (κ1) is 24.6. The summed E-state index contributed by atoms with van der Waals surface area (Å²) in [6.07, 6.45) is 26.0. The summed E-state index contributed by atoms with van der Waals surface area (Å²) in [5.41, 5.74) is 1.24. The van der Waals surface area contributed by atoms with Gasteiger partial charge < -0.3 is 4.74 Å². The van der Waals surface area contributed by atoms with Crippen LogP contribution in [0.1, 0.15) is 122 Å². The van der Waals surface area contributed by atoms with E-state index in [9.17, 15) is 0 Å². The van der Waals surface area contributed by atoms with Gasteiger partial charge in [0.05, 0.1) is 12.8 Å². The molecule has 0 saturated heterocycles. The summed E-state index contributed by atoms with van der Waals surface area (Å²) in [6, 6.07) is 4.27. The molecular weight excluding hydrogens is 378 g/mol. The monoisotopic (exact) mass is 427 g/mol. The Hall–Kier alpha value is -1.05. The lowest BCUT2D eigenvalue weighted by molar-refractivity contribution is 0.208. The molecule has 2 nitrogen and oxygen atoms in total. The van der Waals surface area contributed by atoms with E-state index in [-0.39, 0.29) is 0 Å². The molecule has 31 heavy (non-hydrogen) atoms. The Kier molecular flexibility index (Phi) is 11.2. The predicted octanol–water partition coefficient (Wildman–Crippen LogP) is 8.78. The molecule has 1 aromatic heterocycles. The third-order valence-electron chi connectivity index (χ3n) is 8.25. The van der Waals surface area contributed by atoms with Crippen LogP contribution in [0.2, 0.25) is 0 Å². The minimum Gasteiger partial charge on any atom is -0.492 e. The summed E-state index contributed by atoms with van der Waals surface area (Å²) in [4.78, 5) is 4.63. The number of unbranched alkanes of at least 4 members (excludes halogenated alkanes) is 2. The molecule has 0 aliphatic heterocycles. The second kappa shape index (κ2) is 14.2. The zero-order chi connectivity index (χ0) is 21.7. The number of aromatic nitrogens is 1. The van der Waals surface area contributed by atoms with Crippen LogP contribution in [0.15, 0.2) is 18.3 Å². The van der Waals surface area contributed by atoms with Crippen LogP contribution in [0.25, 0.3) is 0 Å². The van der Waals surface area contributed by atoms with Gasteiger partial charge in [0.2, 0.25) is 0 Å². The van der Waals surface area contributed by atoms with E-state index in [1.807, 2.05) is 6.20 Å². The van der Waals surface area contributed by atoms with E-state index in [1.54, 1.807) is 0 Å². The van der Waals surface area contributed by atoms with Gasteiger partial charge in [0, 0.05) is 5.69 Å². The molecule has 2 fully saturated rings. The highest BCUT2D eigenvalue weighted by Crippen LogP contribution is 2.38. The lowest BCUT2D eigenvalue weighted by Crippen LogP contribution is -2.18. The van der Waals surface area contributed by atoms with Gasteiger partial charge in [0.25, 0.3) is 0 Å². The number of aryl methyl sites for hydroxylation is 1. The Bertz CT molecular complexity index is 567. The number of nitrogens with zero attached hydrogens (tertiary/aromatic N) is 1. The van der Waals surface area contributed by atoms with Crippen LogP contribution < -0.4 is 4.74 Å². The molecule has 176 valence electrons. The number of hydrogen-bond acceptors (Lipinski definition) is 2. The molecule has 0 radical (unpaired) electrons. The Morgan fingerprint density at radius 3 is 1.77 bits per heavy atom. The highest BCUT2D eigenvalue weighted by atomic mass is 16.5. The third-order valence-corrected chi connectivity index (χ3v) is 8.25. The van der Waals surface area contributed by atoms with Crippen molar-refractivity contribution in [1.82, 2.24) is 4.98 Å². The highest BCUT2D eigenvalue weighted by Gasteiger charge is 2.24. The molecule has 0 atom stereocenters. The Labute approximate surface area is 193 Å². The maximum Gasteiger partial charge on any atom is 0.137 e. The summed E-state index contributed by atoms with van der Waals surface area (Å²) in [5, 5.41) is 0. The van der Waals surface area contributed by atoms with Gasteiger partial charge in [-0.25, -0.2) is 0 Å². The third kappa shape index (κ3) is 9.15. The van der Waals surface area contributed by atoms with Crippen molar-refractivity contribution in [2.24, 2.45) is 23.7 Å². The molecule has 0 unspecified atom stereocenters. The first-order chi connectivity index (χ1) is 15.3. The smallest absolute Gasteiger partial charge is 0.137 e. The van der Waals surface area contributed by atoms with Gasteiger partial charge >= 0.3 is 0 Å². The summed E-state index contributed by atoms with van der Waals surface area (Å²) in [7, 11) is 0. The quantitative estimate of drug-likeness (QED) is 0.293. The number of hydrogen-bond donors (Lipinski definition) is 0. The topological polar surface area (TPSA) is 22.1 Å². The minimum absolute atomic E-state index is 0.807. The standard InChI is InChI=1S/C29H49NO/c1-3-5-7-24-8-10-25(11-9-24)12-13-26-14-16-27(17-15-26)18-19-28-20-21-29(23-30-28)31-22-6-4-2/h20-21,23-27H,3-19,22H2,1-2H3/t24-,25-,26-,27-. The Balaban J connectivity index is 1.25. The van der Waals surface area contributed by atoms with Crippen molar-refractivity contribution in [2.45, 2.75) is 123 Å². The summed E-state index contributed by atoms with van der Waals surface area (Å²) in [6.45, 7) is 5.33. The van der Waals surface area contributed by atoms with Crippen molar-refractivity contribution in [3.8, 4) is 5.75 Å². The van der Waals surface area contributed by atoms with Gasteiger partial charge in [0.15, 0.2) is 0 Å². The van der Waals surface area contributed by atoms with E-state index >= 15 is 0 Å². The zero-order valence-corrected chi connectivity index (χ0v) is 20.6. The molecule has 1 aromatic rings. The molecule has 1 heterocycles. The van der Waals surface area contributed by atoms with Crippen LogP contribution in [-0.4, -0.2) is 11.6 Å². The molecule has 2 saturated carbocycles. The molecule has 0 amide bonds. The first-order valence-corrected chi connectivity index (χ1v) is 13.8. The van der Waals surface area contributed by atoms with Gasteiger partial charge in [-0.2, -0.15) is 0 Å². The molecular formula is C29H49NO. The maximum atomic E-state index is 5.73. The highest BCUT2D eigenvalue weighted by molar-refractivity contribution is 5.19. The molecule has 0 N–H and O–H groups in total. The Morgan fingerprint density at radius 1 is 0.710 bits per heavy atom. The van der Waals surface area contributed by atoms with Crippen LogP contribution >= 0.6 is 0 Å². The van der Waals surface area contributed by atoms with Gasteiger partial charge in [-0.05, 0) is 55.1 Å². The van der Waals surface area contributed by atoms with Gasteiger partial charge in [-0.3, -0.25) is 4.98 Å². The molecule has 0 aromatic carbocycles. The summed E-state index contributed by atoms with van der Waals surface area (Å²) >= 11 is 0. The van der Waals surface area contributed by atoms with E-state index in [2.05, 4.69) is 31.0 Å². The number of rotatable bonds is 13. The van der Waals surface area contributed by atoms with Gasteiger partial charge in [0.1, 0.15) is 5.75 Å². The van der Waals surface area contributed by atoms with E-state index in [0.717, 1.165) is 48.9 Å². The number of pyridine rings is 1. The second-order valence-corrected chi connectivity index (χ2v) is 10.7. The molecule has 0 spiro atoms. The molecule has 2 aliphatic rings. The van der Waals surface area contributed by atoms with E-state index in [0.29, 0.717) is 0 Å². The van der Waals surface area contributed by atoms with Crippen LogP contribution in [-0.2, 0) is 6.42 Å². The number of ether oxygens (including phenoxy) is 1. The van der Waals surface area contributed by atoms with Crippen LogP contribution in [0.4, 0.5) is 0 Å². The average molecular weight is 428 g/mol. The average Bonchev–Trinajstić information content (AvgIpc) is 2.82. The van der Waals surface area contributed by atoms with Gasteiger partial charge in [-0.1, -0.05) is 104 Å². The van der Waals surface area contributed by atoms with E-state index < -0.39 is 0 Å². The van der Waals surface area contributed by atoms with Crippen molar-refractivity contribution in [3.63, 3.8) is 0 Å². The molecule has 2 heteroatoms. The molecule has 3 rings (SSSR count). The molecule has 2 aliphatic carbocycles. The maximum absolute atomic E-state index is 5.73. The predicted molar refractivity (Wildman–Crippen MR) is 133 cm³/mol. The zero-order valence-electron chi connectivity index (χ0n) is 20.6. The normalized spacial score (nSPS) is 26.6. The SMILES string of the molecule is CCCCOc1ccc(CC[C@H]2CC[C@H](CC[C@H]3CC[C@H](CCCC)CC3)CC2)nc1. The first-order valence-electron chi connectivity index (χ1n) is 13.8. The largest absolute Gasteiger partial charge is 0.492 e. The van der Waals surface area contributed by atoms with Crippen molar-refractivity contribution in [1.29, 1.82) is 0 Å². The fourth-order valence-electron chi connectivity index (χ4n) is 5.91.